The molecule has 0 N–H and O–H groups in total. The van der Waals surface area contributed by atoms with Gasteiger partial charge in [0.25, 0.3) is 5.91 Å². The Balaban J connectivity index is 1.98. The number of carbonyl (C=O) groups excluding carboxylic acids is 1. The number of nitrogens with zero attached hydrogens (tertiary/aromatic N) is 4. The first-order valence-electron chi connectivity index (χ1n) is 5.70. The molecule has 0 radical (unpaired) electrons. The van der Waals surface area contributed by atoms with E-state index in [1.165, 1.54) is 12.3 Å². The minimum atomic E-state index is -0.510. The SMILES string of the molecule is N#CCN1CCN(C(=O)c2cncc(F)c2)CC1. The molecule has 5 nitrogen and oxygen atoms in total. The van der Waals surface area contributed by atoms with Gasteiger partial charge in [-0.1, -0.05) is 0 Å². The molecule has 0 bridgehead atoms. The van der Waals surface area contributed by atoms with Crippen LogP contribution in [0.25, 0.3) is 0 Å². The molecular weight excluding hydrogens is 235 g/mol. The number of amides is 1. The fraction of sp³-hybridized carbons (Fsp3) is 0.417. The van der Waals surface area contributed by atoms with Gasteiger partial charge in [0, 0.05) is 32.4 Å². The number of hydrogen-bond donors (Lipinski definition) is 0. The largest absolute Gasteiger partial charge is 0.336 e. The molecule has 94 valence electrons. The van der Waals surface area contributed by atoms with Crippen molar-refractivity contribution < 1.29 is 9.18 Å². The molecule has 6 heteroatoms. The number of halogens is 1. The van der Waals surface area contributed by atoms with Gasteiger partial charge >= 0.3 is 0 Å². The van der Waals surface area contributed by atoms with Gasteiger partial charge in [0.1, 0.15) is 5.82 Å². The van der Waals surface area contributed by atoms with E-state index < -0.39 is 5.82 Å². The monoisotopic (exact) mass is 248 g/mol. The zero-order valence-electron chi connectivity index (χ0n) is 9.84. The van der Waals surface area contributed by atoms with E-state index in [1.807, 2.05) is 4.90 Å². The molecule has 1 aromatic rings. The highest BCUT2D eigenvalue weighted by atomic mass is 19.1. The highest BCUT2D eigenvalue weighted by Gasteiger charge is 2.22. The lowest BCUT2D eigenvalue weighted by Gasteiger charge is -2.33. The summed E-state index contributed by atoms with van der Waals surface area (Å²) in [5.41, 5.74) is 0.267. The maximum atomic E-state index is 13.0. The van der Waals surface area contributed by atoms with Gasteiger partial charge in [-0.3, -0.25) is 14.7 Å². The molecule has 1 aliphatic heterocycles. The number of rotatable bonds is 2. The predicted molar refractivity (Wildman–Crippen MR) is 62.2 cm³/mol. The van der Waals surface area contributed by atoms with E-state index in [0.717, 1.165) is 6.20 Å². The zero-order chi connectivity index (χ0) is 13.0. The summed E-state index contributed by atoms with van der Waals surface area (Å²) >= 11 is 0. The Kier molecular flexibility index (Phi) is 3.85. The lowest BCUT2D eigenvalue weighted by atomic mass is 10.2. The maximum absolute atomic E-state index is 13.0. The Labute approximate surface area is 104 Å². The number of carbonyl (C=O) groups is 1. The number of hydrogen-bond acceptors (Lipinski definition) is 4. The van der Waals surface area contributed by atoms with Crippen molar-refractivity contribution in [3.8, 4) is 6.07 Å². The summed E-state index contributed by atoms with van der Waals surface area (Å²) in [4.78, 5) is 19.4. The van der Waals surface area contributed by atoms with Crippen molar-refractivity contribution in [3.63, 3.8) is 0 Å². The predicted octanol–water partition coefficient (Wildman–Crippen LogP) is 0.502. The summed E-state index contributed by atoms with van der Waals surface area (Å²) in [6, 6.07) is 3.27. The molecule has 0 unspecified atom stereocenters. The lowest BCUT2D eigenvalue weighted by Crippen LogP contribution is -2.48. The normalized spacial score (nSPS) is 16.3. The smallest absolute Gasteiger partial charge is 0.255 e. The Morgan fingerprint density at radius 3 is 2.72 bits per heavy atom. The Morgan fingerprint density at radius 1 is 1.39 bits per heavy atom. The standard InChI is InChI=1S/C12H13FN4O/c13-11-7-10(8-15-9-11)12(18)17-5-3-16(2-1-14)4-6-17/h7-9H,2-6H2. The fourth-order valence-electron chi connectivity index (χ4n) is 1.92. The molecule has 2 heterocycles. The third-order valence-corrected chi connectivity index (χ3v) is 2.91. The third-order valence-electron chi connectivity index (χ3n) is 2.91. The van der Waals surface area contributed by atoms with Crippen LogP contribution < -0.4 is 0 Å². The van der Waals surface area contributed by atoms with Gasteiger partial charge in [0.05, 0.1) is 24.4 Å². The van der Waals surface area contributed by atoms with Gasteiger partial charge in [0.15, 0.2) is 0 Å². The van der Waals surface area contributed by atoms with Crippen LogP contribution in [0.5, 0.6) is 0 Å². The van der Waals surface area contributed by atoms with Crippen molar-refractivity contribution in [2.24, 2.45) is 0 Å². The van der Waals surface area contributed by atoms with Gasteiger partial charge < -0.3 is 4.90 Å². The van der Waals surface area contributed by atoms with Crippen LogP contribution >= 0.6 is 0 Å². The van der Waals surface area contributed by atoms with E-state index in [4.69, 9.17) is 5.26 Å². The first-order valence-corrected chi connectivity index (χ1v) is 5.70. The van der Waals surface area contributed by atoms with Gasteiger partial charge in [-0.15, -0.1) is 0 Å². The average Bonchev–Trinajstić information content (AvgIpc) is 2.39. The Bertz CT molecular complexity index is 477. The number of piperazine rings is 1. The molecule has 1 aromatic heterocycles. The molecule has 0 spiro atoms. The molecule has 0 atom stereocenters. The van der Waals surface area contributed by atoms with Crippen molar-refractivity contribution in [3.05, 3.63) is 29.8 Å². The van der Waals surface area contributed by atoms with Crippen LogP contribution in [0.2, 0.25) is 0 Å². The second-order valence-corrected chi connectivity index (χ2v) is 4.12. The molecule has 1 fully saturated rings. The Morgan fingerprint density at radius 2 is 2.11 bits per heavy atom. The van der Waals surface area contributed by atoms with Gasteiger partial charge in [-0.2, -0.15) is 5.26 Å². The van der Waals surface area contributed by atoms with Crippen molar-refractivity contribution in [1.82, 2.24) is 14.8 Å². The highest BCUT2D eigenvalue weighted by molar-refractivity contribution is 5.94. The molecule has 1 saturated heterocycles. The van der Waals surface area contributed by atoms with Gasteiger partial charge in [0.2, 0.25) is 0 Å². The van der Waals surface area contributed by atoms with E-state index in [2.05, 4.69) is 11.1 Å². The number of nitriles is 1. The summed E-state index contributed by atoms with van der Waals surface area (Å²) < 4.78 is 13.0. The summed E-state index contributed by atoms with van der Waals surface area (Å²) in [6.45, 7) is 2.82. The van der Waals surface area contributed by atoms with Crippen LogP contribution in [0.15, 0.2) is 18.5 Å². The van der Waals surface area contributed by atoms with Crippen molar-refractivity contribution in [2.75, 3.05) is 32.7 Å². The molecule has 0 aromatic carbocycles. The van der Waals surface area contributed by atoms with E-state index in [1.54, 1.807) is 4.90 Å². The molecular formula is C12H13FN4O. The Hall–Kier alpha value is -2.00. The average molecular weight is 248 g/mol. The van der Waals surface area contributed by atoms with Crippen LogP contribution in [-0.2, 0) is 0 Å². The quantitative estimate of drug-likeness (QED) is 0.715. The second-order valence-electron chi connectivity index (χ2n) is 4.12. The van der Waals surface area contributed by atoms with Gasteiger partial charge in [-0.25, -0.2) is 4.39 Å². The minimum absolute atomic E-state index is 0.210. The minimum Gasteiger partial charge on any atom is -0.336 e. The lowest BCUT2D eigenvalue weighted by molar-refractivity contribution is 0.0651. The first-order chi connectivity index (χ1) is 8.70. The van der Waals surface area contributed by atoms with Crippen LogP contribution in [0, 0.1) is 17.1 Å². The molecule has 18 heavy (non-hydrogen) atoms. The highest BCUT2D eigenvalue weighted by Crippen LogP contribution is 2.08. The molecule has 2 rings (SSSR count). The zero-order valence-corrected chi connectivity index (χ0v) is 9.84. The topological polar surface area (TPSA) is 60.2 Å². The second kappa shape index (κ2) is 5.56. The molecule has 0 saturated carbocycles. The summed E-state index contributed by atoms with van der Waals surface area (Å²) in [5, 5.41) is 8.58. The van der Waals surface area contributed by atoms with Crippen molar-refractivity contribution >= 4 is 5.91 Å². The third kappa shape index (κ3) is 2.81. The molecule has 1 amide bonds. The fourth-order valence-corrected chi connectivity index (χ4v) is 1.92. The van der Waals surface area contributed by atoms with E-state index >= 15 is 0 Å². The van der Waals surface area contributed by atoms with E-state index in [-0.39, 0.29) is 11.5 Å². The summed E-state index contributed by atoms with van der Waals surface area (Å²) in [5.74, 6) is -0.720. The first kappa shape index (κ1) is 12.5. The molecule has 1 aliphatic rings. The summed E-state index contributed by atoms with van der Waals surface area (Å²) in [6.07, 6.45) is 2.44. The van der Waals surface area contributed by atoms with E-state index in [0.29, 0.717) is 32.7 Å². The molecule has 0 aliphatic carbocycles. The number of aromatic nitrogens is 1. The van der Waals surface area contributed by atoms with E-state index in [9.17, 15) is 9.18 Å². The summed E-state index contributed by atoms with van der Waals surface area (Å²) in [7, 11) is 0. The maximum Gasteiger partial charge on any atom is 0.255 e. The van der Waals surface area contributed by atoms with Gasteiger partial charge in [-0.05, 0) is 6.07 Å². The van der Waals surface area contributed by atoms with Crippen molar-refractivity contribution in [2.45, 2.75) is 0 Å². The van der Waals surface area contributed by atoms with Crippen LogP contribution in [0.1, 0.15) is 10.4 Å². The van der Waals surface area contributed by atoms with Crippen molar-refractivity contribution in [1.29, 1.82) is 5.26 Å². The van der Waals surface area contributed by atoms with Crippen LogP contribution in [0.3, 0.4) is 0 Å². The van der Waals surface area contributed by atoms with Crippen LogP contribution in [-0.4, -0.2) is 53.4 Å². The number of pyridine rings is 1. The van der Waals surface area contributed by atoms with Crippen LogP contribution in [0.4, 0.5) is 4.39 Å².